The molecule has 4 heterocycles. The van der Waals surface area contributed by atoms with Crippen LogP contribution in [0.1, 0.15) is 25.1 Å². The molecule has 0 amide bonds. The highest BCUT2D eigenvalue weighted by Gasteiger charge is 2.36. The van der Waals surface area contributed by atoms with Gasteiger partial charge in [0.15, 0.2) is 0 Å². The molecule has 4 aromatic rings. The van der Waals surface area contributed by atoms with Gasteiger partial charge in [0, 0.05) is 61.4 Å². The van der Waals surface area contributed by atoms with E-state index in [0.29, 0.717) is 18.7 Å². The number of halogens is 1. The van der Waals surface area contributed by atoms with Crippen molar-refractivity contribution in [2.75, 3.05) is 44.1 Å². The van der Waals surface area contributed by atoms with Gasteiger partial charge in [-0.2, -0.15) is 0 Å². The predicted octanol–water partition coefficient (Wildman–Crippen LogP) is 5.59. The van der Waals surface area contributed by atoms with E-state index in [1.807, 2.05) is 37.5 Å². The SMILES string of the molecule is COCCN(C)c1cnc2c(c1-c1c(C)c(-c3ccccn3)nc3cc(F)ccc13)NCC2(C)C. The van der Waals surface area contributed by atoms with Crippen molar-refractivity contribution in [3.8, 4) is 22.5 Å². The van der Waals surface area contributed by atoms with Crippen LogP contribution < -0.4 is 10.2 Å². The van der Waals surface area contributed by atoms with Crippen LogP contribution in [0.3, 0.4) is 0 Å². The van der Waals surface area contributed by atoms with Gasteiger partial charge in [-0.05, 0) is 36.8 Å². The number of hydrogen-bond acceptors (Lipinski definition) is 6. The van der Waals surface area contributed by atoms with E-state index in [0.717, 1.165) is 57.1 Å². The van der Waals surface area contributed by atoms with E-state index in [1.54, 1.807) is 13.3 Å². The number of likely N-dealkylation sites (N-methyl/N-ethyl adjacent to an activating group) is 1. The number of aromatic nitrogens is 3. The Bertz CT molecular complexity index is 1400. The van der Waals surface area contributed by atoms with E-state index in [9.17, 15) is 4.39 Å². The standard InChI is InChI=1S/C28H30FN5O/c1-17-23(19-10-9-18(29)14-21(19)33-25(17)20-8-6-7-11-30-20)24-22(34(4)12-13-35-5)15-31-27-26(24)32-16-28(27,2)3/h6-11,14-15,32H,12-13,16H2,1-5H3. The topological polar surface area (TPSA) is 63.2 Å². The van der Waals surface area contributed by atoms with Crippen LogP contribution in [-0.4, -0.2) is 48.8 Å². The van der Waals surface area contributed by atoms with Crippen LogP contribution in [0.15, 0.2) is 48.8 Å². The van der Waals surface area contributed by atoms with Crippen molar-refractivity contribution >= 4 is 22.3 Å². The molecule has 0 saturated carbocycles. The first-order chi connectivity index (χ1) is 16.8. The van der Waals surface area contributed by atoms with Crippen molar-refractivity contribution in [1.29, 1.82) is 0 Å². The maximum absolute atomic E-state index is 14.4. The minimum Gasteiger partial charge on any atom is -0.383 e. The van der Waals surface area contributed by atoms with Crippen LogP contribution in [0, 0.1) is 12.7 Å². The highest BCUT2D eigenvalue weighted by atomic mass is 19.1. The number of hydrogen-bond donors (Lipinski definition) is 1. The fourth-order valence-corrected chi connectivity index (χ4v) is 4.88. The lowest BCUT2D eigenvalue weighted by atomic mass is 9.87. The van der Waals surface area contributed by atoms with E-state index >= 15 is 0 Å². The van der Waals surface area contributed by atoms with Crippen molar-refractivity contribution in [2.24, 2.45) is 0 Å². The molecule has 0 atom stereocenters. The third-order valence-corrected chi connectivity index (χ3v) is 6.80. The van der Waals surface area contributed by atoms with Gasteiger partial charge in [0.25, 0.3) is 0 Å². The number of pyridine rings is 3. The summed E-state index contributed by atoms with van der Waals surface area (Å²) in [6, 6.07) is 10.6. The fourth-order valence-electron chi connectivity index (χ4n) is 4.88. The average molecular weight is 472 g/mol. The third-order valence-electron chi connectivity index (χ3n) is 6.80. The quantitative estimate of drug-likeness (QED) is 0.395. The third kappa shape index (κ3) is 4.00. The summed E-state index contributed by atoms with van der Waals surface area (Å²) in [5.41, 5.74) is 8.07. The molecule has 3 aromatic heterocycles. The molecule has 35 heavy (non-hydrogen) atoms. The maximum Gasteiger partial charge on any atom is 0.125 e. The Balaban J connectivity index is 1.88. The maximum atomic E-state index is 14.4. The largest absolute Gasteiger partial charge is 0.383 e. The second-order valence-electron chi connectivity index (χ2n) is 9.73. The number of ether oxygens (including phenoxy) is 1. The molecule has 5 rings (SSSR count). The smallest absolute Gasteiger partial charge is 0.125 e. The molecular weight excluding hydrogens is 441 g/mol. The number of nitrogens with one attached hydrogen (secondary N) is 1. The van der Waals surface area contributed by atoms with Crippen LogP contribution in [0.2, 0.25) is 0 Å². The van der Waals surface area contributed by atoms with Crippen LogP contribution in [0.25, 0.3) is 33.4 Å². The number of nitrogens with zero attached hydrogens (tertiary/aromatic N) is 4. The second-order valence-corrected chi connectivity index (χ2v) is 9.73. The lowest BCUT2D eigenvalue weighted by Gasteiger charge is -2.26. The normalized spacial score (nSPS) is 14.1. The van der Waals surface area contributed by atoms with Gasteiger partial charge in [0.1, 0.15) is 5.82 Å². The van der Waals surface area contributed by atoms with Gasteiger partial charge in [0.2, 0.25) is 0 Å². The molecule has 1 N–H and O–H groups in total. The number of rotatable bonds is 6. The molecule has 6 nitrogen and oxygen atoms in total. The van der Waals surface area contributed by atoms with Crippen molar-refractivity contribution in [1.82, 2.24) is 15.0 Å². The summed E-state index contributed by atoms with van der Waals surface area (Å²) in [4.78, 5) is 16.5. The predicted molar refractivity (Wildman–Crippen MR) is 140 cm³/mol. The van der Waals surface area contributed by atoms with Gasteiger partial charge < -0.3 is 15.0 Å². The van der Waals surface area contributed by atoms with E-state index < -0.39 is 0 Å². The summed E-state index contributed by atoms with van der Waals surface area (Å²) in [6.45, 7) is 8.55. The summed E-state index contributed by atoms with van der Waals surface area (Å²) in [6.07, 6.45) is 3.71. The van der Waals surface area contributed by atoms with Crippen LogP contribution in [0.5, 0.6) is 0 Å². The Morgan fingerprint density at radius 2 is 1.97 bits per heavy atom. The number of benzene rings is 1. The van der Waals surface area contributed by atoms with Gasteiger partial charge in [-0.15, -0.1) is 0 Å². The Hall–Kier alpha value is -3.58. The first-order valence-electron chi connectivity index (χ1n) is 11.8. The zero-order valence-corrected chi connectivity index (χ0v) is 20.8. The molecule has 0 bridgehead atoms. The first kappa shape index (κ1) is 23.2. The Morgan fingerprint density at radius 1 is 1.14 bits per heavy atom. The molecule has 180 valence electrons. The average Bonchev–Trinajstić information content (AvgIpc) is 3.17. The van der Waals surface area contributed by atoms with Crippen LogP contribution >= 0.6 is 0 Å². The van der Waals surface area contributed by atoms with Crippen molar-refractivity contribution in [3.05, 3.63) is 65.9 Å². The molecule has 1 aliphatic heterocycles. The minimum atomic E-state index is -0.316. The number of anilines is 2. The van der Waals surface area contributed by atoms with Gasteiger partial charge in [-0.25, -0.2) is 9.37 Å². The molecule has 0 spiro atoms. The summed E-state index contributed by atoms with van der Waals surface area (Å²) >= 11 is 0. The van der Waals surface area contributed by atoms with Crippen LogP contribution in [-0.2, 0) is 10.2 Å². The molecule has 0 radical (unpaired) electrons. The highest BCUT2D eigenvalue weighted by molar-refractivity contribution is 6.06. The first-order valence-corrected chi connectivity index (χ1v) is 11.8. The van der Waals surface area contributed by atoms with E-state index in [1.165, 1.54) is 12.1 Å². The summed E-state index contributed by atoms with van der Waals surface area (Å²) in [7, 11) is 3.75. The molecule has 7 heteroatoms. The molecule has 1 aliphatic rings. The Kier molecular flexibility index (Phi) is 5.89. The summed E-state index contributed by atoms with van der Waals surface area (Å²) < 4.78 is 19.7. The number of methoxy groups -OCH3 is 1. The monoisotopic (exact) mass is 471 g/mol. The lowest BCUT2D eigenvalue weighted by Crippen LogP contribution is -2.24. The zero-order chi connectivity index (χ0) is 24.7. The van der Waals surface area contributed by atoms with Gasteiger partial charge in [0.05, 0.1) is 46.8 Å². The summed E-state index contributed by atoms with van der Waals surface area (Å²) in [5.74, 6) is -0.316. The van der Waals surface area contributed by atoms with Gasteiger partial charge in [-0.3, -0.25) is 9.97 Å². The van der Waals surface area contributed by atoms with Crippen LogP contribution in [0.4, 0.5) is 15.8 Å². The summed E-state index contributed by atoms with van der Waals surface area (Å²) in [5, 5.41) is 4.53. The molecule has 0 unspecified atom stereocenters. The van der Waals surface area contributed by atoms with Crippen molar-refractivity contribution in [3.63, 3.8) is 0 Å². The Morgan fingerprint density at radius 3 is 2.71 bits per heavy atom. The minimum absolute atomic E-state index is 0.111. The lowest BCUT2D eigenvalue weighted by molar-refractivity contribution is 0.206. The van der Waals surface area contributed by atoms with Gasteiger partial charge in [-0.1, -0.05) is 19.9 Å². The van der Waals surface area contributed by atoms with E-state index in [4.69, 9.17) is 14.7 Å². The Labute approximate surface area is 205 Å². The molecule has 0 saturated heterocycles. The zero-order valence-electron chi connectivity index (χ0n) is 20.8. The molecule has 1 aromatic carbocycles. The van der Waals surface area contributed by atoms with E-state index in [2.05, 4.69) is 36.0 Å². The fraction of sp³-hybridized carbons (Fsp3) is 0.321. The second kappa shape index (κ2) is 8.89. The van der Waals surface area contributed by atoms with E-state index in [-0.39, 0.29) is 11.2 Å². The molecular formula is C28H30FN5O. The van der Waals surface area contributed by atoms with Crippen molar-refractivity contribution in [2.45, 2.75) is 26.2 Å². The molecule has 0 aliphatic carbocycles. The molecule has 0 fully saturated rings. The van der Waals surface area contributed by atoms with Gasteiger partial charge >= 0.3 is 0 Å². The van der Waals surface area contributed by atoms with Crippen molar-refractivity contribution < 1.29 is 9.13 Å². The number of fused-ring (bicyclic) bond motifs is 2. The highest BCUT2D eigenvalue weighted by Crippen LogP contribution is 2.49.